The van der Waals surface area contributed by atoms with Gasteiger partial charge in [0.1, 0.15) is 0 Å². The molecular weight excluding hydrogens is 480 g/mol. The summed E-state index contributed by atoms with van der Waals surface area (Å²) in [5.41, 5.74) is 3.63. The van der Waals surface area contributed by atoms with Crippen LogP contribution in [0.4, 0.5) is 5.13 Å². The third kappa shape index (κ3) is 6.09. The van der Waals surface area contributed by atoms with Crippen LogP contribution >= 0.6 is 11.3 Å². The Morgan fingerprint density at radius 3 is 2.11 bits per heavy atom. The number of hydrogen-bond acceptors (Lipinski definition) is 6. The van der Waals surface area contributed by atoms with Gasteiger partial charge in [-0.05, 0) is 82.2 Å². The van der Waals surface area contributed by atoms with Crippen LogP contribution in [-0.2, 0) is 10.0 Å². The van der Waals surface area contributed by atoms with E-state index in [2.05, 4.69) is 13.0 Å². The molecule has 3 aromatic rings. The van der Waals surface area contributed by atoms with Gasteiger partial charge < -0.3 is 4.90 Å². The third-order valence-electron chi connectivity index (χ3n) is 6.01. The van der Waals surface area contributed by atoms with Crippen LogP contribution in [0, 0.1) is 13.8 Å². The molecule has 0 unspecified atom stereocenters. The van der Waals surface area contributed by atoms with Crippen LogP contribution in [0.3, 0.4) is 0 Å². The predicted octanol–water partition coefficient (Wildman–Crippen LogP) is 4.93. The van der Waals surface area contributed by atoms with Crippen molar-refractivity contribution < 1.29 is 13.2 Å². The van der Waals surface area contributed by atoms with Gasteiger partial charge in [0.15, 0.2) is 5.13 Å². The number of carbonyl (C=O) groups excluding carboxylic acids is 1. The van der Waals surface area contributed by atoms with Crippen LogP contribution in [0.15, 0.2) is 41.3 Å². The molecule has 1 heterocycles. The van der Waals surface area contributed by atoms with Crippen molar-refractivity contribution in [2.24, 2.45) is 0 Å². The van der Waals surface area contributed by atoms with Gasteiger partial charge in [0.2, 0.25) is 10.0 Å². The zero-order chi connectivity index (χ0) is 25.8. The molecule has 0 saturated heterocycles. The number of benzene rings is 2. The molecule has 0 aliphatic carbocycles. The van der Waals surface area contributed by atoms with E-state index in [1.807, 2.05) is 45.8 Å². The van der Waals surface area contributed by atoms with Gasteiger partial charge >= 0.3 is 0 Å². The van der Waals surface area contributed by atoms with Gasteiger partial charge in [-0.2, -0.15) is 4.31 Å². The lowest BCUT2D eigenvalue weighted by Crippen LogP contribution is -2.36. The Bertz CT molecular complexity index is 1260. The molecule has 1 amide bonds. The molecular formula is C26H36N4O3S2. The summed E-state index contributed by atoms with van der Waals surface area (Å²) in [6, 6.07) is 10.4. The Hall–Kier alpha value is -2.33. The molecule has 0 N–H and O–H groups in total. The maximum Gasteiger partial charge on any atom is 0.260 e. The number of aryl methyl sites for hydroxylation is 2. The Balaban J connectivity index is 1.94. The first-order valence-corrected chi connectivity index (χ1v) is 14.3. The number of anilines is 1. The second-order valence-corrected chi connectivity index (χ2v) is 12.0. The van der Waals surface area contributed by atoms with Crippen molar-refractivity contribution in [3.05, 3.63) is 53.1 Å². The van der Waals surface area contributed by atoms with Crippen molar-refractivity contribution in [2.45, 2.75) is 45.4 Å². The van der Waals surface area contributed by atoms with Crippen molar-refractivity contribution in [1.82, 2.24) is 14.2 Å². The van der Waals surface area contributed by atoms with Crippen molar-refractivity contribution in [1.29, 1.82) is 0 Å². The number of carbonyl (C=O) groups is 1. The van der Waals surface area contributed by atoms with Crippen LogP contribution in [0.5, 0.6) is 0 Å². The molecule has 0 bridgehead atoms. The smallest absolute Gasteiger partial charge is 0.260 e. The highest BCUT2D eigenvalue weighted by atomic mass is 32.2. The van der Waals surface area contributed by atoms with Gasteiger partial charge in [-0.3, -0.25) is 9.69 Å². The first kappa shape index (κ1) is 27.3. The molecule has 1 aromatic heterocycles. The fraction of sp³-hybridized carbons (Fsp3) is 0.462. The Morgan fingerprint density at radius 2 is 1.54 bits per heavy atom. The summed E-state index contributed by atoms with van der Waals surface area (Å²) in [7, 11) is 0.333. The van der Waals surface area contributed by atoms with Crippen molar-refractivity contribution in [2.75, 3.05) is 45.2 Å². The molecule has 35 heavy (non-hydrogen) atoms. The minimum atomic E-state index is -3.60. The van der Waals surface area contributed by atoms with E-state index < -0.39 is 10.0 Å². The number of hydrogen-bond donors (Lipinski definition) is 0. The first-order chi connectivity index (χ1) is 16.6. The lowest BCUT2D eigenvalue weighted by Gasteiger charge is -2.23. The number of sulfonamides is 1. The highest BCUT2D eigenvalue weighted by Gasteiger charge is 2.25. The standard InChI is InChI=1S/C26H36N4O3S2/c1-7-15-29(16-8-2)35(32,33)22-12-10-21(11-13-22)25(31)30(18-17-28(5)6)26-27-24-20(4)19(3)9-14-23(24)34-26/h9-14H,7-8,15-18H2,1-6H3. The van der Waals surface area contributed by atoms with Gasteiger partial charge in [-0.15, -0.1) is 0 Å². The molecule has 0 aliphatic rings. The average Bonchev–Trinajstić information content (AvgIpc) is 3.26. The number of likely N-dealkylation sites (N-methyl/N-ethyl adjacent to an activating group) is 1. The predicted molar refractivity (Wildman–Crippen MR) is 145 cm³/mol. The van der Waals surface area contributed by atoms with Gasteiger partial charge in [-0.1, -0.05) is 31.3 Å². The van der Waals surface area contributed by atoms with E-state index in [9.17, 15) is 13.2 Å². The molecule has 7 nitrogen and oxygen atoms in total. The fourth-order valence-electron chi connectivity index (χ4n) is 3.84. The van der Waals surface area contributed by atoms with E-state index in [0.717, 1.165) is 34.2 Å². The molecule has 2 aromatic carbocycles. The highest BCUT2D eigenvalue weighted by Crippen LogP contribution is 2.32. The van der Waals surface area contributed by atoms with E-state index in [1.165, 1.54) is 27.8 Å². The number of thiazole rings is 1. The zero-order valence-electron chi connectivity index (χ0n) is 21.5. The first-order valence-electron chi connectivity index (χ1n) is 12.0. The normalized spacial score (nSPS) is 12.1. The van der Waals surface area contributed by atoms with Crippen molar-refractivity contribution >= 4 is 42.6 Å². The molecule has 3 rings (SSSR count). The van der Waals surface area contributed by atoms with E-state index in [-0.39, 0.29) is 10.8 Å². The largest absolute Gasteiger partial charge is 0.308 e. The highest BCUT2D eigenvalue weighted by molar-refractivity contribution is 7.89. The molecule has 9 heteroatoms. The van der Waals surface area contributed by atoms with E-state index in [0.29, 0.717) is 36.9 Å². The third-order valence-corrected chi connectivity index (χ3v) is 8.96. The number of amides is 1. The molecule has 0 aliphatic heterocycles. The van der Waals surface area contributed by atoms with E-state index in [1.54, 1.807) is 17.0 Å². The van der Waals surface area contributed by atoms with E-state index in [4.69, 9.17) is 4.98 Å². The zero-order valence-corrected chi connectivity index (χ0v) is 23.2. The van der Waals surface area contributed by atoms with Crippen molar-refractivity contribution in [3.63, 3.8) is 0 Å². The maximum absolute atomic E-state index is 13.6. The van der Waals surface area contributed by atoms with Crippen LogP contribution in [0.2, 0.25) is 0 Å². The Kier molecular flexibility index (Phi) is 9.04. The quantitative estimate of drug-likeness (QED) is 0.361. The van der Waals surface area contributed by atoms with Crippen LogP contribution in [-0.4, -0.2) is 68.8 Å². The summed E-state index contributed by atoms with van der Waals surface area (Å²) < 4.78 is 28.8. The average molecular weight is 517 g/mol. The van der Waals surface area contributed by atoms with Gasteiger partial charge in [0.05, 0.1) is 15.1 Å². The summed E-state index contributed by atoms with van der Waals surface area (Å²) in [5.74, 6) is -0.191. The summed E-state index contributed by atoms with van der Waals surface area (Å²) in [6.45, 7) is 10.1. The summed E-state index contributed by atoms with van der Waals surface area (Å²) >= 11 is 1.50. The van der Waals surface area contributed by atoms with Crippen LogP contribution in [0.1, 0.15) is 48.2 Å². The molecule has 0 radical (unpaired) electrons. The van der Waals surface area contributed by atoms with Gasteiger partial charge in [0, 0.05) is 31.7 Å². The second-order valence-electron chi connectivity index (χ2n) is 9.04. The SMILES string of the molecule is CCCN(CCC)S(=O)(=O)c1ccc(C(=O)N(CCN(C)C)c2nc3c(C)c(C)ccc3s2)cc1. The molecule has 0 fully saturated rings. The number of rotatable bonds is 11. The van der Waals surface area contributed by atoms with Crippen molar-refractivity contribution in [3.8, 4) is 0 Å². The van der Waals surface area contributed by atoms with Gasteiger partial charge in [0.25, 0.3) is 5.91 Å². The number of aromatic nitrogens is 1. The summed E-state index contributed by atoms with van der Waals surface area (Å²) in [6.07, 6.45) is 1.50. The Labute approximate surface area is 213 Å². The summed E-state index contributed by atoms with van der Waals surface area (Å²) in [5, 5.41) is 0.648. The minimum Gasteiger partial charge on any atom is -0.308 e. The topological polar surface area (TPSA) is 73.8 Å². The lowest BCUT2D eigenvalue weighted by molar-refractivity contribution is 0.0985. The fourth-order valence-corrected chi connectivity index (χ4v) is 6.51. The van der Waals surface area contributed by atoms with Crippen LogP contribution < -0.4 is 4.90 Å². The number of fused-ring (bicyclic) bond motifs is 1. The van der Waals surface area contributed by atoms with Gasteiger partial charge in [-0.25, -0.2) is 13.4 Å². The summed E-state index contributed by atoms with van der Waals surface area (Å²) in [4.78, 5) is 22.4. The minimum absolute atomic E-state index is 0.191. The second kappa shape index (κ2) is 11.6. The maximum atomic E-state index is 13.6. The molecule has 190 valence electrons. The molecule has 0 spiro atoms. The van der Waals surface area contributed by atoms with Crippen LogP contribution in [0.25, 0.3) is 10.2 Å². The van der Waals surface area contributed by atoms with E-state index >= 15 is 0 Å². The monoisotopic (exact) mass is 516 g/mol. The molecule has 0 atom stereocenters. The molecule has 0 saturated carbocycles. The Morgan fingerprint density at radius 1 is 0.914 bits per heavy atom. The lowest BCUT2D eigenvalue weighted by atomic mass is 10.1. The number of nitrogens with zero attached hydrogens (tertiary/aromatic N) is 4.